The molecule has 0 saturated heterocycles. The summed E-state index contributed by atoms with van der Waals surface area (Å²) in [6, 6.07) is 18.3. The van der Waals surface area contributed by atoms with Crippen LogP contribution in [-0.2, 0) is 13.1 Å². The first-order valence-corrected chi connectivity index (χ1v) is 8.54. The highest BCUT2D eigenvalue weighted by molar-refractivity contribution is 5.61. The average molecular weight is 331 g/mol. The van der Waals surface area contributed by atoms with E-state index in [1.54, 1.807) is 0 Å². The van der Waals surface area contributed by atoms with Gasteiger partial charge < -0.3 is 10.6 Å². The molecule has 126 valence electrons. The van der Waals surface area contributed by atoms with Crippen molar-refractivity contribution >= 4 is 17.2 Å². The molecule has 0 amide bonds. The largest absolute Gasteiger partial charge is 0.382 e. The Morgan fingerprint density at radius 2 is 1.92 bits per heavy atom. The fourth-order valence-electron chi connectivity index (χ4n) is 3.05. The number of fused-ring (bicyclic) bond motifs is 1. The minimum Gasteiger partial charge on any atom is -0.382 e. The molecule has 25 heavy (non-hydrogen) atoms. The number of rotatable bonds is 4. The van der Waals surface area contributed by atoms with Crippen molar-refractivity contribution in [1.29, 1.82) is 0 Å². The Kier molecular flexibility index (Phi) is 4.57. The highest BCUT2D eigenvalue weighted by Crippen LogP contribution is 2.24. The molecule has 0 spiro atoms. The monoisotopic (exact) mass is 331 g/mol. The molecule has 0 atom stereocenters. The molecule has 2 aromatic heterocycles. The van der Waals surface area contributed by atoms with Gasteiger partial charge in [-0.2, -0.15) is 0 Å². The van der Waals surface area contributed by atoms with Gasteiger partial charge in [0.05, 0.1) is 17.6 Å². The fraction of sp³-hybridized carbons (Fsp3) is 0.200. The van der Waals surface area contributed by atoms with Gasteiger partial charge in [-0.3, -0.25) is 9.88 Å². The summed E-state index contributed by atoms with van der Waals surface area (Å²) in [6.45, 7) is 3.62. The molecule has 3 aromatic rings. The van der Waals surface area contributed by atoms with Crippen LogP contribution in [0.2, 0.25) is 0 Å². The molecular weight excluding hydrogens is 310 g/mol. The van der Waals surface area contributed by atoms with E-state index in [0.29, 0.717) is 0 Å². The summed E-state index contributed by atoms with van der Waals surface area (Å²) < 4.78 is 0. The summed E-state index contributed by atoms with van der Waals surface area (Å²) >= 11 is 0. The van der Waals surface area contributed by atoms with Crippen LogP contribution in [0.25, 0.3) is 0 Å². The maximum Gasteiger partial charge on any atom is 0.130 e. The molecule has 0 saturated carbocycles. The summed E-state index contributed by atoms with van der Waals surface area (Å²) in [6.07, 6.45) is 3.77. The smallest absolute Gasteiger partial charge is 0.130 e. The van der Waals surface area contributed by atoms with Crippen molar-refractivity contribution in [3.05, 3.63) is 78.2 Å². The lowest BCUT2D eigenvalue weighted by molar-refractivity contribution is 0.268. The van der Waals surface area contributed by atoms with Crippen LogP contribution < -0.4 is 10.6 Å². The molecule has 0 unspecified atom stereocenters. The molecule has 0 fully saturated rings. The summed E-state index contributed by atoms with van der Waals surface area (Å²) in [5.74, 6) is 0.867. The van der Waals surface area contributed by atoms with Crippen molar-refractivity contribution in [1.82, 2.24) is 14.9 Å². The fourth-order valence-corrected chi connectivity index (χ4v) is 3.05. The zero-order chi connectivity index (χ0) is 16.9. The first-order chi connectivity index (χ1) is 12.4. The van der Waals surface area contributed by atoms with Gasteiger partial charge in [0.15, 0.2) is 0 Å². The molecule has 4 rings (SSSR count). The third kappa shape index (κ3) is 3.95. The maximum absolute atomic E-state index is 4.53. The van der Waals surface area contributed by atoms with Gasteiger partial charge in [0, 0.05) is 38.1 Å². The predicted molar refractivity (Wildman–Crippen MR) is 101 cm³/mol. The van der Waals surface area contributed by atoms with E-state index >= 15 is 0 Å². The van der Waals surface area contributed by atoms with Gasteiger partial charge in [-0.05, 0) is 35.9 Å². The Balaban J connectivity index is 1.52. The third-order valence-electron chi connectivity index (χ3n) is 4.29. The maximum atomic E-state index is 4.53. The number of hydrogen-bond acceptors (Lipinski definition) is 5. The normalized spacial score (nSPS) is 14.2. The van der Waals surface area contributed by atoms with Crippen molar-refractivity contribution in [3.8, 4) is 0 Å². The van der Waals surface area contributed by atoms with E-state index in [-0.39, 0.29) is 0 Å². The number of hydrogen-bond donors (Lipinski definition) is 2. The SMILES string of the molecule is c1ccc(Nc2cc3c(cn2)NCCN(Cc2ccccn2)C3)cc1. The number of para-hydroxylation sites is 1. The number of anilines is 3. The van der Waals surface area contributed by atoms with E-state index in [9.17, 15) is 0 Å². The first kappa shape index (κ1) is 15.6. The van der Waals surface area contributed by atoms with Crippen LogP contribution in [0.1, 0.15) is 11.3 Å². The topological polar surface area (TPSA) is 53.1 Å². The van der Waals surface area contributed by atoms with E-state index in [0.717, 1.165) is 49.1 Å². The second kappa shape index (κ2) is 7.32. The standard InChI is InChI=1S/C20H21N5/c1-2-6-17(7-3-1)24-20-12-16-14-25(11-10-22-19(16)13-23-20)15-18-8-4-5-9-21-18/h1-9,12-13,22H,10-11,14-15H2,(H,23,24). The quantitative estimate of drug-likeness (QED) is 0.764. The zero-order valence-electron chi connectivity index (χ0n) is 14.0. The lowest BCUT2D eigenvalue weighted by Gasteiger charge is -2.19. The number of nitrogens with one attached hydrogen (secondary N) is 2. The minimum atomic E-state index is 0.853. The second-order valence-electron chi connectivity index (χ2n) is 6.18. The highest BCUT2D eigenvalue weighted by atomic mass is 15.2. The van der Waals surface area contributed by atoms with E-state index in [4.69, 9.17) is 0 Å². The van der Waals surface area contributed by atoms with Crippen LogP contribution in [0.4, 0.5) is 17.2 Å². The number of pyridine rings is 2. The van der Waals surface area contributed by atoms with Crippen LogP contribution in [-0.4, -0.2) is 28.0 Å². The average Bonchev–Trinajstić information content (AvgIpc) is 2.85. The van der Waals surface area contributed by atoms with Crippen molar-refractivity contribution in [2.24, 2.45) is 0 Å². The number of benzene rings is 1. The van der Waals surface area contributed by atoms with Gasteiger partial charge in [-0.25, -0.2) is 4.98 Å². The molecule has 5 nitrogen and oxygen atoms in total. The van der Waals surface area contributed by atoms with E-state index < -0.39 is 0 Å². The Labute approximate surface area is 147 Å². The van der Waals surface area contributed by atoms with E-state index in [2.05, 4.69) is 37.6 Å². The Hall–Kier alpha value is -2.92. The van der Waals surface area contributed by atoms with Crippen molar-refractivity contribution in [2.45, 2.75) is 13.1 Å². The van der Waals surface area contributed by atoms with E-state index in [1.165, 1.54) is 5.56 Å². The summed E-state index contributed by atoms with van der Waals surface area (Å²) in [7, 11) is 0. The van der Waals surface area contributed by atoms with Crippen LogP contribution in [0.5, 0.6) is 0 Å². The van der Waals surface area contributed by atoms with Gasteiger partial charge in [0.25, 0.3) is 0 Å². The molecule has 5 heteroatoms. The van der Waals surface area contributed by atoms with Crippen molar-refractivity contribution in [3.63, 3.8) is 0 Å². The lowest BCUT2D eigenvalue weighted by atomic mass is 10.2. The Bertz CT molecular complexity index is 820. The Morgan fingerprint density at radius 3 is 2.76 bits per heavy atom. The highest BCUT2D eigenvalue weighted by Gasteiger charge is 2.15. The third-order valence-corrected chi connectivity index (χ3v) is 4.29. The van der Waals surface area contributed by atoms with Gasteiger partial charge in [-0.15, -0.1) is 0 Å². The zero-order valence-corrected chi connectivity index (χ0v) is 14.0. The number of nitrogens with zero attached hydrogens (tertiary/aromatic N) is 3. The molecule has 2 N–H and O–H groups in total. The van der Waals surface area contributed by atoms with E-state index in [1.807, 2.05) is 54.9 Å². The molecule has 1 aromatic carbocycles. The van der Waals surface area contributed by atoms with Crippen molar-refractivity contribution < 1.29 is 0 Å². The summed E-state index contributed by atoms with van der Waals surface area (Å²) in [4.78, 5) is 11.4. The van der Waals surface area contributed by atoms with Crippen LogP contribution in [0.15, 0.2) is 67.0 Å². The van der Waals surface area contributed by atoms with Gasteiger partial charge in [0.1, 0.15) is 5.82 Å². The Morgan fingerprint density at radius 1 is 1.04 bits per heavy atom. The second-order valence-corrected chi connectivity index (χ2v) is 6.18. The molecule has 1 aliphatic rings. The molecule has 0 bridgehead atoms. The van der Waals surface area contributed by atoms with Crippen LogP contribution in [0, 0.1) is 0 Å². The van der Waals surface area contributed by atoms with Gasteiger partial charge >= 0.3 is 0 Å². The first-order valence-electron chi connectivity index (χ1n) is 8.54. The minimum absolute atomic E-state index is 0.853. The van der Waals surface area contributed by atoms with Crippen LogP contribution in [0.3, 0.4) is 0 Å². The summed E-state index contributed by atoms with van der Waals surface area (Å²) in [5.41, 5.74) is 4.51. The number of aromatic nitrogens is 2. The van der Waals surface area contributed by atoms with Gasteiger partial charge in [-0.1, -0.05) is 24.3 Å². The summed E-state index contributed by atoms with van der Waals surface area (Å²) in [5, 5.41) is 6.85. The predicted octanol–water partition coefficient (Wildman–Crippen LogP) is 3.65. The molecule has 0 radical (unpaired) electrons. The molecule has 1 aliphatic heterocycles. The molecule has 3 heterocycles. The van der Waals surface area contributed by atoms with Gasteiger partial charge in [0.2, 0.25) is 0 Å². The molecular formula is C20H21N5. The molecule has 0 aliphatic carbocycles. The van der Waals surface area contributed by atoms with Crippen molar-refractivity contribution in [2.75, 3.05) is 23.7 Å². The van der Waals surface area contributed by atoms with Crippen LogP contribution >= 0.6 is 0 Å². The lowest BCUT2D eigenvalue weighted by Crippen LogP contribution is -2.25.